The summed E-state index contributed by atoms with van der Waals surface area (Å²) in [4.78, 5) is 21.0. The van der Waals surface area contributed by atoms with Crippen LogP contribution < -0.4 is 4.74 Å². The van der Waals surface area contributed by atoms with E-state index in [0.29, 0.717) is 12.4 Å². The molecule has 1 aromatic carbocycles. The molecule has 0 aliphatic heterocycles. The van der Waals surface area contributed by atoms with Gasteiger partial charge in [0, 0.05) is 18.1 Å². The Hall–Kier alpha value is -2.11. The van der Waals surface area contributed by atoms with Crippen molar-refractivity contribution in [3.8, 4) is 5.75 Å². The van der Waals surface area contributed by atoms with Crippen molar-refractivity contribution in [2.45, 2.75) is 13.3 Å². The normalized spacial score (nSPS) is 11.7. The third-order valence-corrected chi connectivity index (χ3v) is 2.32. The molecule has 0 saturated carbocycles. The van der Waals surface area contributed by atoms with Crippen LogP contribution in [-0.4, -0.2) is 24.6 Å². The number of nitro groups is 1. The second-order valence-corrected chi connectivity index (χ2v) is 3.95. The highest BCUT2D eigenvalue weighted by Crippen LogP contribution is 2.18. The summed E-state index contributed by atoms with van der Waals surface area (Å²) < 4.78 is 9.96. The van der Waals surface area contributed by atoms with Gasteiger partial charge in [-0.2, -0.15) is 0 Å². The zero-order valence-corrected chi connectivity index (χ0v) is 10.3. The predicted molar refractivity (Wildman–Crippen MR) is 64.4 cm³/mol. The minimum absolute atomic E-state index is 0.0185. The van der Waals surface area contributed by atoms with Crippen LogP contribution in [0.3, 0.4) is 0 Å². The van der Waals surface area contributed by atoms with Crippen molar-refractivity contribution in [2.24, 2.45) is 5.92 Å². The SMILES string of the molecule is COC(=O)CC(C)COc1ccc([N+](=O)[O-])cc1. The van der Waals surface area contributed by atoms with Crippen molar-refractivity contribution < 1.29 is 19.2 Å². The zero-order valence-electron chi connectivity index (χ0n) is 10.3. The topological polar surface area (TPSA) is 78.7 Å². The standard InChI is InChI=1S/C12H15NO5/c1-9(7-12(14)17-2)8-18-11-5-3-10(4-6-11)13(15)16/h3-6,9H,7-8H2,1-2H3. The van der Waals surface area contributed by atoms with Crippen LogP contribution in [0.2, 0.25) is 0 Å². The maximum absolute atomic E-state index is 11.0. The molecule has 0 amide bonds. The van der Waals surface area contributed by atoms with Crippen LogP contribution in [0.1, 0.15) is 13.3 Å². The predicted octanol–water partition coefficient (Wildman–Crippen LogP) is 2.17. The van der Waals surface area contributed by atoms with Crippen molar-refractivity contribution in [3.63, 3.8) is 0 Å². The van der Waals surface area contributed by atoms with Crippen LogP contribution in [0.4, 0.5) is 5.69 Å². The molecule has 1 unspecified atom stereocenters. The molecule has 1 atom stereocenters. The van der Waals surface area contributed by atoms with Crippen LogP contribution in [-0.2, 0) is 9.53 Å². The number of ether oxygens (including phenoxy) is 2. The van der Waals surface area contributed by atoms with E-state index in [9.17, 15) is 14.9 Å². The molecule has 0 spiro atoms. The summed E-state index contributed by atoms with van der Waals surface area (Å²) in [5.41, 5.74) is 0.0185. The fourth-order valence-electron chi connectivity index (χ4n) is 1.33. The first kappa shape index (κ1) is 14.0. The number of methoxy groups -OCH3 is 1. The molecule has 0 N–H and O–H groups in total. The van der Waals surface area contributed by atoms with Crippen molar-refractivity contribution >= 4 is 11.7 Å². The van der Waals surface area contributed by atoms with E-state index in [1.165, 1.54) is 31.4 Å². The Bertz CT molecular complexity index is 415. The summed E-state index contributed by atoms with van der Waals surface area (Å²) in [7, 11) is 1.34. The van der Waals surface area contributed by atoms with E-state index in [1.54, 1.807) is 0 Å². The number of nitro benzene ring substituents is 1. The van der Waals surface area contributed by atoms with Gasteiger partial charge in [-0.15, -0.1) is 0 Å². The molecule has 0 aromatic heterocycles. The van der Waals surface area contributed by atoms with Crippen molar-refractivity contribution in [2.75, 3.05) is 13.7 Å². The molecular weight excluding hydrogens is 238 g/mol. The summed E-state index contributed by atoms with van der Waals surface area (Å²) in [6.45, 7) is 2.22. The average molecular weight is 253 g/mol. The van der Waals surface area contributed by atoms with Gasteiger partial charge in [0.25, 0.3) is 5.69 Å². The Kier molecular flexibility index (Phi) is 5.10. The highest BCUT2D eigenvalue weighted by atomic mass is 16.6. The molecule has 0 saturated heterocycles. The van der Waals surface area contributed by atoms with Gasteiger partial charge in [-0.3, -0.25) is 14.9 Å². The first-order valence-electron chi connectivity index (χ1n) is 5.47. The Labute approximate surface area is 105 Å². The summed E-state index contributed by atoms with van der Waals surface area (Å²) in [5, 5.41) is 10.4. The quantitative estimate of drug-likeness (QED) is 0.441. The maximum atomic E-state index is 11.0. The van der Waals surface area contributed by atoms with Crippen LogP contribution in [0.5, 0.6) is 5.75 Å². The van der Waals surface area contributed by atoms with Crippen LogP contribution in [0.25, 0.3) is 0 Å². The number of carbonyl (C=O) groups is 1. The molecule has 0 fully saturated rings. The summed E-state index contributed by atoms with van der Waals surface area (Å²) in [5.74, 6) is 0.278. The molecule has 0 bridgehead atoms. The lowest BCUT2D eigenvalue weighted by Gasteiger charge is -2.11. The van der Waals surface area contributed by atoms with Gasteiger partial charge in [0.05, 0.1) is 25.1 Å². The van der Waals surface area contributed by atoms with Gasteiger partial charge in [-0.1, -0.05) is 6.92 Å². The number of rotatable bonds is 6. The second-order valence-electron chi connectivity index (χ2n) is 3.95. The summed E-state index contributed by atoms with van der Waals surface area (Å²) in [6, 6.07) is 5.81. The maximum Gasteiger partial charge on any atom is 0.305 e. The Morgan fingerprint density at radius 2 is 2.00 bits per heavy atom. The lowest BCUT2D eigenvalue weighted by Crippen LogP contribution is -2.14. The lowest BCUT2D eigenvalue weighted by molar-refractivity contribution is -0.384. The van der Waals surface area contributed by atoms with Crippen LogP contribution in [0.15, 0.2) is 24.3 Å². The van der Waals surface area contributed by atoms with Gasteiger partial charge < -0.3 is 9.47 Å². The first-order chi connectivity index (χ1) is 8.52. The third kappa shape index (κ3) is 4.40. The van der Waals surface area contributed by atoms with Crippen LogP contribution >= 0.6 is 0 Å². The number of hydrogen-bond donors (Lipinski definition) is 0. The summed E-state index contributed by atoms with van der Waals surface area (Å²) >= 11 is 0. The highest BCUT2D eigenvalue weighted by Gasteiger charge is 2.10. The van der Waals surface area contributed by atoms with Gasteiger partial charge in [0.1, 0.15) is 5.75 Å². The van der Waals surface area contributed by atoms with E-state index in [-0.39, 0.29) is 24.0 Å². The first-order valence-corrected chi connectivity index (χ1v) is 5.47. The molecule has 0 aliphatic rings. The lowest BCUT2D eigenvalue weighted by atomic mass is 10.1. The van der Waals surface area contributed by atoms with Crippen molar-refractivity contribution in [3.05, 3.63) is 34.4 Å². The van der Waals surface area contributed by atoms with E-state index in [4.69, 9.17) is 4.74 Å². The third-order valence-electron chi connectivity index (χ3n) is 2.32. The van der Waals surface area contributed by atoms with Gasteiger partial charge in [0.15, 0.2) is 0 Å². The minimum Gasteiger partial charge on any atom is -0.493 e. The van der Waals surface area contributed by atoms with Crippen molar-refractivity contribution in [1.29, 1.82) is 0 Å². The van der Waals surface area contributed by atoms with Crippen LogP contribution in [0, 0.1) is 16.0 Å². The molecular formula is C12H15NO5. The van der Waals surface area contributed by atoms with Gasteiger partial charge in [-0.05, 0) is 12.1 Å². The van der Waals surface area contributed by atoms with E-state index in [2.05, 4.69) is 4.74 Å². The van der Waals surface area contributed by atoms with Gasteiger partial charge in [-0.25, -0.2) is 0 Å². The monoisotopic (exact) mass is 253 g/mol. The number of nitrogens with zero attached hydrogens (tertiary/aromatic N) is 1. The largest absolute Gasteiger partial charge is 0.493 e. The molecule has 98 valence electrons. The van der Waals surface area contributed by atoms with E-state index >= 15 is 0 Å². The van der Waals surface area contributed by atoms with Gasteiger partial charge in [0.2, 0.25) is 0 Å². The smallest absolute Gasteiger partial charge is 0.305 e. The molecule has 0 aliphatic carbocycles. The molecule has 6 nitrogen and oxygen atoms in total. The number of benzene rings is 1. The van der Waals surface area contributed by atoms with E-state index < -0.39 is 4.92 Å². The van der Waals surface area contributed by atoms with Crippen molar-refractivity contribution in [1.82, 2.24) is 0 Å². The van der Waals surface area contributed by atoms with E-state index in [1.807, 2.05) is 6.92 Å². The Balaban J connectivity index is 2.43. The highest BCUT2D eigenvalue weighted by molar-refractivity contribution is 5.69. The van der Waals surface area contributed by atoms with E-state index in [0.717, 1.165) is 0 Å². The second kappa shape index (κ2) is 6.58. The number of non-ortho nitro benzene ring substituents is 1. The minimum atomic E-state index is -0.469. The summed E-state index contributed by atoms with van der Waals surface area (Å²) in [6.07, 6.45) is 0.281. The number of carbonyl (C=O) groups excluding carboxylic acids is 1. The molecule has 18 heavy (non-hydrogen) atoms. The Morgan fingerprint density at radius 3 is 2.50 bits per heavy atom. The fourth-order valence-corrected chi connectivity index (χ4v) is 1.33. The average Bonchev–Trinajstić information content (AvgIpc) is 2.36. The Morgan fingerprint density at radius 1 is 1.39 bits per heavy atom. The fraction of sp³-hybridized carbons (Fsp3) is 0.417. The molecule has 1 rings (SSSR count). The molecule has 0 heterocycles. The van der Waals surface area contributed by atoms with Gasteiger partial charge >= 0.3 is 5.97 Å². The molecule has 0 radical (unpaired) electrons. The number of hydrogen-bond acceptors (Lipinski definition) is 5. The molecule has 6 heteroatoms. The number of esters is 1. The zero-order chi connectivity index (χ0) is 13.5. The molecule has 1 aromatic rings.